The van der Waals surface area contributed by atoms with Crippen molar-refractivity contribution < 1.29 is 13.9 Å². The average molecular weight is 306 g/mol. The standard InChI is InChI=1S/C15H19FN4O2/c16-13-4-1-5-14(12(13)9-17)18-6-7-19-15(21)20-10-11-3-2-8-22-11/h1,4-5,11,18H,2-3,6-8,10H2,(H2,19,20,21)/t11-/m1/s1. The fourth-order valence-electron chi connectivity index (χ4n) is 2.23. The number of anilines is 1. The van der Waals surface area contributed by atoms with E-state index in [1.807, 2.05) is 6.07 Å². The van der Waals surface area contributed by atoms with Gasteiger partial charge in [-0.05, 0) is 25.0 Å². The van der Waals surface area contributed by atoms with Gasteiger partial charge in [0.2, 0.25) is 0 Å². The topological polar surface area (TPSA) is 86.2 Å². The Labute approximate surface area is 128 Å². The Morgan fingerprint density at radius 1 is 1.41 bits per heavy atom. The van der Waals surface area contributed by atoms with Gasteiger partial charge in [0.15, 0.2) is 0 Å². The van der Waals surface area contributed by atoms with Gasteiger partial charge >= 0.3 is 6.03 Å². The van der Waals surface area contributed by atoms with Crippen molar-refractivity contribution >= 4 is 11.7 Å². The van der Waals surface area contributed by atoms with Gasteiger partial charge in [0.05, 0.1) is 11.8 Å². The first kappa shape index (κ1) is 16.0. The molecule has 22 heavy (non-hydrogen) atoms. The molecule has 2 rings (SSSR count). The number of halogens is 1. The average Bonchev–Trinajstić information content (AvgIpc) is 3.03. The lowest BCUT2D eigenvalue weighted by Crippen LogP contribution is -2.41. The SMILES string of the molecule is N#Cc1c(F)cccc1NCCNC(=O)NC[C@H]1CCCO1. The van der Waals surface area contributed by atoms with E-state index < -0.39 is 5.82 Å². The lowest BCUT2D eigenvalue weighted by molar-refractivity contribution is 0.111. The molecule has 118 valence electrons. The lowest BCUT2D eigenvalue weighted by Gasteiger charge is -2.12. The molecule has 1 saturated heterocycles. The lowest BCUT2D eigenvalue weighted by atomic mass is 10.2. The van der Waals surface area contributed by atoms with E-state index in [1.165, 1.54) is 12.1 Å². The summed E-state index contributed by atoms with van der Waals surface area (Å²) in [6.07, 6.45) is 2.11. The molecule has 0 unspecified atom stereocenters. The van der Waals surface area contributed by atoms with Crippen LogP contribution in [0, 0.1) is 17.1 Å². The fraction of sp³-hybridized carbons (Fsp3) is 0.467. The van der Waals surface area contributed by atoms with Crippen molar-refractivity contribution in [1.82, 2.24) is 10.6 Å². The molecule has 0 aromatic heterocycles. The second kappa shape index (κ2) is 8.20. The largest absolute Gasteiger partial charge is 0.382 e. The van der Waals surface area contributed by atoms with Gasteiger partial charge < -0.3 is 20.7 Å². The Morgan fingerprint density at radius 3 is 3.00 bits per heavy atom. The van der Waals surface area contributed by atoms with Crippen LogP contribution in [0.4, 0.5) is 14.9 Å². The van der Waals surface area contributed by atoms with Crippen molar-refractivity contribution in [1.29, 1.82) is 5.26 Å². The van der Waals surface area contributed by atoms with Gasteiger partial charge in [0.1, 0.15) is 17.4 Å². The Bertz CT molecular complexity index is 553. The van der Waals surface area contributed by atoms with Crippen molar-refractivity contribution in [3.05, 3.63) is 29.6 Å². The van der Waals surface area contributed by atoms with E-state index >= 15 is 0 Å². The molecule has 0 radical (unpaired) electrons. The minimum Gasteiger partial charge on any atom is -0.382 e. The molecule has 1 atom stereocenters. The zero-order chi connectivity index (χ0) is 15.8. The van der Waals surface area contributed by atoms with Gasteiger partial charge in [0, 0.05) is 26.2 Å². The maximum atomic E-state index is 13.4. The number of hydrogen-bond donors (Lipinski definition) is 3. The maximum Gasteiger partial charge on any atom is 0.314 e. The summed E-state index contributed by atoms with van der Waals surface area (Å²) in [6.45, 7) is 2.01. The first-order valence-corrected chi connectivity index (χ1v) is 7.26. The van der Waals surface area contributed by atoms with Crippen LogP contribution in [0.25, 0.3) is 0 Å². The molecule has 0 spiro atoms. The second-order valence-corrected chi connectivity index (χ2v) is 4.97. The third kappa shape index (κ3) is 4.60. The van der Waals surface area contributed by atoms with E-state index in [-0.39, 0.29) is 17.7 Å². The van der Waals surface area contributed by atoms with E-state index in [2.05, 4.69) is 16.0 Å². The Hall–Kier alpha value is -2.33. The van der Waals surface area contributed by atoms with Gasteiger partial charge in [-0.25, -0.2) is 9.18 Å². The summed E-state index contributed by atoms with van der Waals surface area (Å²) in [7, 11) is 0. The van der Waals surface area contributed by atoms with Gasteiger partial charge in [-0.15, -0.1) is 0 Å². The third-order valence-electron chi connectivity index (χ3n) is 3.37. The minimum absolute atomic E-state index is 0.0228. The number of carbonyl (C=O) groups is 1. The highest BCUT2D eigenvalue weighted by Gasteiger charge is 2.15. The minimum atomic E-state index is -0.560. The van der Waals surface area contributed by atoms with E-state index in [0.717, 1.165) is 19.4 Å². The Balaban J connectivity index is 1.65. The van der Waals surface area contributed by atoms with E-state index in [1.54, 1.807) is 6.07 Å². The predicted octanol–water partition coefficient (Wildman–Crippen LogP) is 1.59. The van der Waals surface area contributed by atoms with Crippen LogP contribution in [0.3, 0.4) is 0 Å². The molecule has 1 fully saturated rings. The third-order valence-corrected chi connectivity index (χ3v) is 3.37. The molecule has 3 N–H and O–H groups in total. The Kier molecular flexibility index (Phi) is 5.98. The van der Waals surface area contributed by atoms with Gasteiger partial charge in [0.25, 0.3) is 0 Å². The summed E-state index contributed by atoms with van der Waals surface area (Å²) in [5.41, 5.74) is 0.398. The van der Waals surface area contributed by atoms with E-state index in [0.29, 0.717) is 25.3 Å². The second-order valence-electron chi connectivity index (χ2n) is 4.97. The maximum absolute atomic E-state index is 13.4. The summed E-state index contributed by atoms with van der Waals surface area (Å²) < 4.78 is 18.8. The number of amides is 2. The molecule has 0 aliphatic carbocycles. The number of ether oxygens (including phenoxy) is 1. The molecule has 1 aliphatic rings. The van der Waals surface area contributed by atoms with Crippen molar-refractivity contribution in [2.75, 3.05) is 31.6 Å². The zero-order valence-corrected chi connectivity index (χ0v) is 12.2. The van der Waals surface area contributed by atoms with Crippen LogP contribution < -0.4 is 16.0 Å². The number of benzene rings is 1. The molecular weight excluding hydrogens is 287 g/mol. The number of nitriles is 1. The zero-order valence-electron chi connectivity index (χ0n) is 12.2. The molecule has 0 bridgehead atoms. The molecule has 1 aromatic carbocycles. The normalized spacial score (nSPS) is 16.8. The highest BCUT2D eigenvalue weighted by atomic mass is 19.1. The summed E-state index contributed by atoms with van der Waals surface area (Å²) in [5, 5.41) is 17.2. The van der Waals surface area contributed by atoms with Crippen LogP contribution in [0.2, 0.25) is 0 Å². The predicted molar refractivity (Wildman–Crippen MR) is 80.0 cm³/mol. The summed E-state index contributed by atoms with van der Waals surface area (Å²) in [4.78, 5) is 11.6. The number of rotatable bonds is 6. The first-order chi connectivity index (χ1) is 10.7. The van der Waals surface area contributed by atoms with Gasteiger partial charge in [-0.3, -0.25) is 0 Å². The van der Waals surface area contributed by atoms with Crippen molar-refractivity contribution in [2.45, 2.75) is 18.9 Å². The number of nitrogens with one attached hydrogen (secondary N) is 3. The molecule has 0 saturated carbocycles. The van der Waals surface area contributed by atoms with Crippen molar-refractivity contribution in [3.8, 4) is 6.07 Å². The van der Waals surface area contributed by atoms with Crippen LogP contribution in [0.5, 0.6) is 0 Å². The summed E-state index contributed by atoms with van der Waals surface area (Å²) in [5.74, 6) is -0.560. The molecule has 1 aromatic rings. The summed E-state index contributed by atoms with van der Waals surface area (Å²) >= 11 is 0. The highest BCUT2D eigenvalue weighted by molar-refractivity contribution is 5.73. The molecule has 6 nitrogen and oxygen atoms in total. The number of carbonyl (C=O) groups excluding carboxylic acids is 1. The number of urea groups is 1. The first-order valence-electron chi connectivity index (χ1n) is 7.26. The molecule has 1 aliphatic heterocycles. The molecule has 7 heteroatoms. The van der Waals surface area contributed by atoms with Crippen LogP contribution in [0.1, 0.15) is 18.4 Å². The van der Waals surface area contributed by atoms with Gasteiger partial charge in [-0.2, -0.15) is 5.26 Å². The smallest absolute Gasteiger partial charge is 0.314 e. The van der Waals surface area contributed by atoms with Crippen LogP contribution >= 0.6 is 0 Å². The molecular formula is C15H19FN4O2. The summed E-state index contributed by atoms with van der Waals surface area (Å²) in [6, 6.07) is 5.94. The molecule has 1 heterocycles. The van der Waals surface area contributed by atoms with Gasteiger partial charge in [-0.1, -0.05) is 6.07 Å². The van der Waals surface area contributed by atoms with E-state index in [4.69, 9.17) is 10.00 Å². The van der Waals surface area contributed by atoms with Crippen molar-refractivity contribution in [2.24, 2.45) is 0 Å². The van der Waals surface area contributed by atoms with E-state index in [9.17, 15) is 9.18 Å². The highest BCUT2D eigenvalue weighted by Crippen LogP contribution is 2.17. The quantitative estimate of drug-likeness (QED) is 0.697. The number of hydrogen-bond acceptors (Lipinski definition) is 4. The monoisotopic (exact) mass is 306 g/mol. The van der Waals surface area contributed by atoms with Crippen LogP contribution in [-0.2, 0) is 4.74 Å². The van der Waals surface area contributed by atoms with Crippen LogP contribution in [0.15, 0.2) is 18.2 Å². The fourth-order valence-corrected chi connectivity index (χ4v) is 2.23. The van der Waals surface area contributed by atoms with Crippen molar-refractivity contribution in [3.63, 3.8) is 0 Å². The number of nitrogens with zero attached hydrogens (tertiary/aromatic N) is 1. The Morgan fingerprint density at radius 2 is 2.27 bits per heavy atom. The van der Waals surface area contributed by atoms with Crippen LogP contribution in [-0.4, -0.2) is 38.4 Å². The molecule has 2 amide bonds.